The molecule has 0 aromatic heterocycles. The van der Waals surface area contributed by atoms with E-state index in [1.54, 1.807) is 38.3 Å². The standard InChI is InChI=1S/C10H12O3.ClH/c1-7(10(11)12)8-4-3-5-9(6-8)13-2;/h3-7H,1-2H3,(H,11,12);1H/t7-;/m1./s1. The van der Waals surface area contributed by atoms with Crippen LogP contribution >= 0.6 is 12.4 Å². The molecular formula is C10H13ClO3. The van der Waals surface area contributed by atoms with Crippen LogP contribution in [0.15, 0.2) is 24.3 Å². The molecule has 0 bridgehead atoms. The summed E-state index contributed by atoms with van der Waals surface area (Å²) in [5.41, 5.74) is 0.756. The highest BCUT2D eigenvalue weighted by atomic mass is 35.5. The number of carboxylic acids is 1. The van der Waals surface area contributed by atoms with Crippen molar-refractivity contribution in [2.24, 2.45) is 0 Å². The van der Waals surface area contributed by atoms with Crippen molar-refractivity contribution in [2.75, 3.05) is 7.11 Å². The van der Waals surface area contributed by atoms with E-state index in [4.69, 9.17) is 9.84 Å². The second kappa shape index (κ2) is 5.50. The molecule has 0 aliphatic carbocycles. The molecule has 1 N–H and O–H groups in total. The first kappa shape index (κ1) is 12.8. The van der Waals surface area contributed by atoms with Gasteiger partial charge in [0.15, 0.2) is 0 Å². The van der Waals surface area contributed by atoms with E-state index < -0.39 is 11.9 Å². The quantitative estimate of drug-likeness (QED) is 0.844. The number of aliphatic carboxylic acids is 1. The SMILES string of the molecule is COc1cccc([C@@H](C)C(=O)O)c1.Cl. The number of benzene rings is 1. The van der Waals surface area contributed by atoms with Crippen LogP contribution in [0.5, 0.6) is 5.75 Å². The summed E-state index contributed by atoms with van der Waals surface area (Å²) in [6, 6.07) is 7.09. The Labute approximate surface area is 89.1 Å². The number of rotatable bonds is 3. The van der Waals surface area contributed by atoms with Crippen molar-refractivity contribution >= 4 is 18.4 Å². The molecule has 0 unspecified atom stereocenters. The minimum absolute atomic E-state index is 0. The molecule has 0 heterocycles. The second-order valence-electron chi connectivity index (χ2n) is 2.84. The first-order valence-corrected chi connectivity index (χ1v) is 4.02. The maximum absolute atomic E-state index is 10.7. The summed E-state index contributed by atoms with van der Waals surface area (Å²) in [5.74, 6) is -0.631. The topological polar surface area (TPSA) is 46.5 Å². The highest BCUT2D eigenvalue weighted by Gasteiger charge is 2.13. The number of hydrogen-bond donors (Lipinski definition) is 1. The smallest absolute Gasteiger partial charge is 0.310 e. The van der Waals surface area contributed by atoms with Gasteiger partial charge in [0.25, 0.3) is 0 Å². The van der Waals surface area contributed by atoms with Gasteiger partial charge in [0.1, 0.15) is 5.75 Å². The van der Waals surface area contributed by atoms with E-state index in [1.165, 1.54) is 0 Å². The van der Waals surface area contributed by atoms with Crippen LogP contribution in [-0.4, -0.2) is 18.2 Å². The van der Waals surface area contributed by atoms with Crippen molar-refractivity contribution in [3.05, 3.63) is 29.8 Å². The summed E-state index contributed by atoms with van der Waals surface area (Å²) in [4.78, 5) is 10.7. The highest BCUT2D eigenvalue weighted by Crippen LogP contribution is 2.20. The second-order valence-corrected chi connectivity index (χ2v) is 2.84. The molecule has 0 radical (unpaired) electrons. The maximum atomic E-state index is 10.7. The molecule has 0 aliphatic rings. The van der Waals surface area contributed by atoms with Crippen molar-refractivity contribution < 1.29 is 14.6 Å². The molecule has 0 spiro atoms. The molecule has 14 heavy (non-hydrogen) atoms. The predicted octanol–water partition coefficient (Wildman–Crippen LogP) is 2.31. The van der Waals surface area contributed by atoms with Crippen LogP contribution in [0.4, 0.5) is 0 Å². The fraction of sp³-hybridized carbons (Fsp3) is 0.300. The largest absolute Gasteiger partial charge is 0.497 e. The molecule has 1 aromatic carbocycles. The van der Waals surface area contributed by atoms with E-state index in [1.807, 2.05) is 0 Å². The van der Waals surface area contributed by atoms with Gasteiger partial charge in [-0.15, -0.1) is 12.4 Å². The number of hydrogen-bond acceptors (Lipinski definition) is 2. The average molecular weight is 217 g/mol. The molecule has 0 saturated carbocycles. The lowest BCUT2D eigenvalue weighted by Crippen LogP contribution is -2.07. The van der Waals surface area contributed by atoms with Crippen LogP contribution in [0.3, 0.4) is 0 Å². The van der Waals surface area contributed by atoms with Crippen molar-refractivity contribution in [2.45, 2.75) is 12.8 Å². The van der Waals surface area contributed by atoms with Gasteiger partial charge >= 0.3 is 5.97 Å². The predicted molar refractivity (Wildman–Crippen MR) is 56.3 cm³/mol. The minimum Gasteiger partial charge on any atom is -0.497 e. The van der Waals surface area contributed by atoms with Gasteiger partial charge in [-0.3, -0.25) is 4.79 Å². The van der Waals surface area contributed by atoms with Crippen LogP contribution in [-0.2, 0) is 4.79 Å². The van der Waals surface area contributed by atoms with Gasteiger partial charge in [-0.2, -0.15) is 0 Å². The summed E-state index contributed by atoms with van der Waals surface area (Å²) in [7, 11) is 1.56. The van der Waals surface area contributed by atoms with Gasteiger partial charge in [-0.25, -0.2) is 0 Å². The Bertz CT molecular complexity index is 312. The van der Waals surface area contributed by atoms with E-state index >= 15 is 0 Å². The van der Waals surface area contributed by atoms with Gasteiger partial charge in [-0.1, -0.05) is 12.1 Å². The van der Waals surface area contributed by atoms with Crippen molar-refractivity contribution in [3.8, 4) is 5.75 Å². The van der Waals surface area contributed by atoms with Gasteiger partial charge in [0, 0.05) is 0 Å². The average Bonchev–Trinajstić information content (AvgIpc) is 2.16. The molecule has 0 aliphatic heterocycles. The third-order valence-corrected chi connectivity index (χ3v) is 1.96. The third kappa shape index (κ3) is 2.92. The van der Waals surface area contributed by atoms with Crippen molar-refractivity contribution in [1.29, 1.82) is 0 Å². The van der Waals surface area contributed by atoms with Crippen LogP contribution < -0.4 is 4.74 Å². The molecule has 0 saturated heterocycles. The van der Waals surface area contributed by atoms with E-state index in [2.05, 4.69) is 0 Å². The molecule has 1 atom stereocenters. The fourth-order valence-corrected chi connectivity index (χ4v) is 1.05. The van der Waals surface area contributed by atoms with Gasteiger partial charge < -0.3 is 9.84 Å². The number of halogens is 1. The zero-order valence-corrected chi connectivity index (χ0v) is 8.88. The Kier molecular flexibility index (Phi) is 5.02. The summed E-state index contributed by atoms with van der Waals surface area (Å²) in [6.45, 7) is 1.65. The number of carboxylic acid groups (broad SMARTS) is 1. The molecule has 1 rings (SSSR count). The third-order valence-electron chi connectivity index (χ3n) is 1.96. The van der Waals surface area contributed by atoms with Crippen LogP contribution in [0.25, 0.3) is 0 Å². The van der Waals surface area contributed by atoms with E-state index in [-0.39, 0.29) is 12.4 Å². The highest BCUT2D eigenvalue weighted by molar-refractivity contribution is 5.85. The Balaban J connectivity index is 0.00000169. The first-order chi connectivity index (χ1) is 6.15. The molecule has 0 amide bonds. The Morgan fingerprint density at radius 1 is 1.50 bits per heavy atom. The fourth-order valence-electron chi connectivity index (χ4n) is 1.05. The minimum atomic E-state index is -0.826. The van der Waals surface area contributed by atoms with Gasteiger partial charge in [-0.05, 0) is 24.6 Å². The summed E-state index contributed by atoms with van der Waals surface area (Å²) < 4.78 is 4.99. The summed E-state index contributed by atoms with van der Waals surface area (Å²) in [5, 5.41) is 8.76. The zero-order valence-electron chi connectivity index (χ0n) is 8.06. The first-order valence-electron chi connectivity index (χ1n) is 4.02. The van der Waals surface area contributed by atoms with Crippen LogP contribution in [0.1, 0.15) is 18.4 Å². The molecular weight excluding hydrogens is 204 g/mol. The normalized spacial score (nSPS) is 11.3. The molecule has 3 nitrogen and oxygen atoms in total. The number of carbonyl (C=O) groups is 1. The Morgan fingerprint density at radius 3 is 2.64 bits per heavy atom. The molecule has 4 heteroatoms. The zero-order chi connectivity index (χ0) is 9.84. The van der Waals surface area contributed by atoms with E-state index in [0.717, 1.165) is 5.56 Å². The monoisotopic (exact) mass is 216 g/mol. The summed E-state index contributed by atoms with van der Waals surface area (Å²) in [6.07, 6.45) is 0. The molecule has 0 fully saturated rings. The maximum Gasteiger partial charge on any atom is 0.310 e. The number of methoxy groups -OCH3 is 1. The molecule has 78 valence electrons. The number of ether oxygens (including phenoxy) is 1. The van der Waals surface area contributed by atoms with Crippen molar-refractivity contribution in [3.63, 3.8) is 0 Å². The van der Waals surface area contributed by atoms with E-state index in [0.29, 0.717) is 5.75 Å². The molecule has 1 aromatic rings. The van der Waals surface area contributed by atoms with Crippen molar-refractivity contribution in [1.82, 2.24) is 0 Å². The lowest BCUT2D eigenvalue weighted by Gasteiger charge is -2.07. The lowest BCUT2D eigenvalue weighted by atomic mass is 10.0. The van der Waals surface area contributed by atoms with Gasteiger partial charge in [0.05, 0.1) is 13.0 Å². The van der Waals surface area contributed by atoms with Crippen LogP contribution in [0, 0.1) is 0 Å². The Hall–Kier alpha value is -1.22. The Morgan fingerprint density at radius 2 is 2.14 bits per heavy atom. The van der Waals surface area contributed by atoms with E-state index in [9.17, 15) is 4.79 Å². The van der Waals surface area contributed by atoms with Crippen LogP contribution in [0.2, 0.25) is 0 Å². The lowest BCUT2D eigenvalue weighted by molar-refractivity contribution is -0.138. The van der Waals surface area contributed by atoms with Gasteiger partial charge in [0.2, 0.25) is 0 Å². The summed E-state index contributed by atoms with van der Waals surface area (Å²) >= 11 is 0.